The van der Waals surface area contributed by atoms with Gasteiger partial charge in [-0.25, -0.2) is 0 Å². The van der Waals surface area contributed by atoms with Crippen LogP contribution in [-0.2, 0) is 0 Å². The fraction of sp³-hybridized carbons (Fsp3) is 0.200. The molecule has 1 unspecified atom stereocenters. The maximum absolute atomic E-state index is 9.32. The molecular formula is C15H15BrClNO2. The molecule has 0 aromatic heterocycles. The van der Waals surface area contributed by atoms with E-state index < -0.39 is 0 Å². The lowest BCUT2D eigenvalue weighted by Crippen LogP contribution is -2.07. The maximum Gasteiger partial charge on any atom is 0.156 e. The standard InChI is InChI=1S/C15H15BrClNO2/c1-9(10-3-5-12(19)6-4-10)18-14-8-11(17)7-13(16)15(14)20-2/h3-9,18-19H,1-2H3. The zero-order chi connectivity index (χ0) is 14.7. The number of rotatable bonds is 4. The van der Waals surface area contributed by atoms with Crippen molar-refractivity contribution in [3.63, 3.8) is 0 Å². The normalized spacial score (nSPS) is 12.0. The summed E-state index contributed by atoms with van der Waals surface area (Å²) in [5, 5.41) is 13.3. The summed E-state index contributed by atoms with van der Waals surface area (Å²) in [6, 6.07) is 10.7. The highest BCUT2D eigenvalue weighted by Crippen LogP contribution is 2.38. The van der Waals surface area contributed by atoms with Crippen LogP contribution >= 0.6 is 27.5 Å². The van der Waals surface area contributed by atoms with Crippen LogP contribution < -0.4 is 10.1 Å². The zero-order valence-electron chi connectivity index (χ0n) is 11.2. The van der Waals surface area contributed by atoms with Gasteiger partial charge < -0.3 is 15.2 Å². The summed E-state index contributed by atoms with van der Waals surface area (Å²) >= 11 is 9.50. The second kappa shape index (κ2) is 6.37. The second-order valence-corrected chi connectivity index (χ2v) is 5.72. The molecule has 0 aliphatic rings. The van der Waals surface area contributed by atoms with E-state index in [0.29, 0.717) is 10.8 Å². The van der Waals surface area contributed by atoms with Crippen LogP contribution in [0.1, 0.15) is 18.5 Å². The van der Waals surface area contributed by atoms with Crippen LogP contribution in [0.5, 0.6) is 11.5 Å². The number of halogens is 2. The van der Waals surface area contributed by atoms with Crippen LogP contribution in [0.4, 0.5) is 5.69 Å². The summed E-state index contributed by atoms with van der Waals surface area (Å²) in [5.74, 6) is 0.962. The van der Waals surface area contributed by atoms with Crippen molar-refractivity contribution in [3.8, 4) is 11.5 Å². The molecule has 0 spiro atoms. The number of hydrogen-bond donors (Lipinski definition) is 2. The highest BCUT2D eigenvalue weighted by Gasteiger charge is 2.13. The number of ether oxygens (including phenoxy) is 1. The summed E-state index contributed by atoms with van der Waals surface area (Å²) < 4.78 is 6.18. The minimum absolute atomic E-state index is 0.0508. The quantitative estimate of drug-likeness (QED) is 0.811. The molecule has 0 aliphatic heterocycles. The Hall–Kier alpha value is -1.39. The molecule has 106 valence electrons. The Morgan fingerprint density at radius 2 is 1.90 bits per heavy atom. The number of methoxy groups -OCH3 is 1. The van der Waals surface area contributed by atoms with Gasteiger partial charge in [-0.05, 0) is 52.7 Å². The molecule has 2 N–H and O–H groups in total. The summed E-state index contributed by atoms with van der Waals surface area (Å²) in [6.45, 7) is 2.03. The van der Waals surface area contributed by atoms with Gasteiger partial charge in [0.25, 0.3) is 0 Å². The summed E-state index contributed by atoms with van der Waals surface area (Å²) in [7, 11) is 1.62. The fourth-order valence-electron chi connectivity index (χ4n) is 1.95. The average Bonchev–Trinajstić information content (AvgIpc) is 2.39. The van der Waals surface area contributed by atoms with E-state index in [1.165, 1.54) is 0 Å². The highest BCUT2D eigenvalue weighted by molar-refractivity contribution is 9.10. The molecule has 0 heterocycles. The molecule has 0 fully saturated rings. The first-order chi connectivity index (χ1) is 9.51. The Balaban J connectivity index is 2.27. The molecule has 0 radical (unpaired) electrons. The second-order valence-electron chi connectivity index (χ2n) is 4.43. The molecule has 20 heavy (non-hydrogen) atoms. The topological polar surface area (TPSA) is 41.5 Å². The molecule has 0 aliphatic carbocycles. The van der Waals surface area contributed by atoms with Crippen molar-refractivity contribution in [2.75, 3.05) is 12.4 Å². The lowest BCUT2D eigenvalue weighted by Gasteiger charge is -2.19. The minimum Gasteiger partial charge on any atom is -0.508 e. The predicted molar refractivity (Wildman–Crippen MR) is 85.8 cm³/mol. The third-order valence-electron chi connectivity index (χ3n) is 2.98. The lowest BCUT2D eigenvalue weighted by molar-refractivity contribution is 0.413. The van der Waals surface area contributed by atoms with E-state index >= 15 is 0 Å². The van der Waals surface area contributed by atoms with E-state index in [2.05, 4.69) is 21.2 Å². The van der Waals surface area contributed by atoms with Gasteiger partial charge in [-0.3, -0.25) is 0 Å². The van der Waals surface area contributed by atoms with Crippen molar-refractivity contribution in [2.24, 2.45) is 0 Å². The van der Waals surface area contributed by atoms with Crippen LogP contribution in [0.25, 0.3) is 0 Å². The first-order valence-electron chi connectivity index (χ1n) is 6.09. The molecule has 0 bridgehead atoms. The Bertz CT molecular complexity index is 602. The van der Waals surface area contributed by atoms with Gasteiger partial charge in [0, 0.05) is 11.1 Å². The van der Waals surface area contributed by atoms with Crippen molar-refractivity contribution >= 4 is 33.2 Å². The number of phenols is 1. The third-order valence-corrected chi connectivity index (χ3v) is 3.78. The molecule has 2 aromatic rings. The van der Waals surface area contributed by atoms with Crippen molar-refractivity contribution in [3.05, 3.63) is 51.5 Å². The van der Waals surface area contributed by atoms with Gasteiger partial charge in [0.1, 0.15) is 5.75 Å². The average molecular weight is 357 g/mol. The summed E-state index contributed by atoms with van der Waals surface area (Å²) in [6.07, 6.45) is 0. The van der Waals surface area contributed by atoms with E-state index in [9.17, 15) is 5.11 Å². The van der Waals surface area contributed by atoms with E-state index in [0.717, 1.165) is 15.7 Å². The van der Waals surface area contributed by atoms with Crippen LogP contribution in [0.15, 0.2) is 40.9 Å². The SMILES string of the molecule is COc1c(Br)cc(Cl)cc1NC(C)c1ccc(O)cc1. The van der Waals surface area contributed by atoms with Gasteiger partial charge in [0.05, 0.1) is 17.3 Å². The zero-order valence-corrected chi connectivity index (χ0v) is 13.5. The first kappa shape index (κ1) is 15.0. The Labute approximate surface area is 131 Å². The van der Waals surface area contributed by atoms with E-state index in [1.807, 2.05) is 25.1 Å². The minimum atomic E-state index is 0.0508. The largest absolute Gasteiger partial charge is 0.508 e. The van der Waals surface area contributed by atoms with Gasteiger partial charge in [0.2, 0.25) is 0 Å². The number of benzene rings is 2. The van der Waals surface area contributed by atoms with Gasteiger partial charge in [-0.15, -0.1) is 0 Å². The van der Waals surface area contributed by atoms with Gasteiger partial charge in [0.15, 0.2) is 5.75 Å². The van der Waals surface area contributed by atoms with Crippen LogP contribution in [0.2, 0.25) is 5.02 Å². The monoisotopic (exact) mass is 355 g/mol. The number of phenolic OH excluding ortho intramolecular Hbond substituents is 1. The van der Waals surface area contributed by atoms with E-state index in [1.54, 1.807) is 25.3 Å². The smallest absolute Gasteiger partial charge is 0.156 e. The van der Waals surface area contributed by atoms with Crippen molar-refractivity contribution in [2.45, 2.75) is 13.0 Å². The number of hydrogen-bond acceptors (Lipinski definition) is 3. The molecular weight excluding hydrogens is 342 g/mol. The molecule has 2 rings (SSSR count). The summed E-state index contributed by atoms with van der Waals surface area (Å²) in [5.41, 5.74) is 1.87. The Morgan fingerprint density at radius 1 is 1.25 bits per heavy atom. The predicted octanol–water partition coefficient (Wildman–Crippen LogP) is 4.99. The molecule has 1 atom stereocenters. The Kier molecular flexibility index (Phi) is 4.78. The lowest BCUT2D eigenvalue weighted by atomic mass is 10.1. The van der Waals surface area contributed by atoms with E-state index in [4.69, 9.17) is 16.3 Å². The van der Waals surface area contributed by atoms with Gasteiger partial charge >= 0.3 is 0 Å². The molecule has 3 nitrogen and oxygen atoms in total. The third kappa shape index (κ3) is 3.38. The summed E-state index contributed by atoms with van der Waals surface area (Å²) in [4.78, 5) is 0. The number of anilines is 1. The molecule has 0 saturated heterocycles. The van der Waals surface area contributed by atoms with Crippen LogP contribution in [0, 0.1) is 0 Å². The van der Waals surface area contributed by atoms with Crippen LogP contribution in [-0.4, -0.2) is 12.2 Å². The molecule has 2 aromatic carbocycles. The Morgan fingerprint density at radius 3 is 2.50 bits per heavy atom. The van der Waals surface area contributed by atoms with Gasteiger partial charge in [-0.2, -0.15) is 0 Å². The highest BCUT2D eigenvalue weighted by atomic mass is 79.9. The van der Waals surface area contributed by atoms with Gasteiger partial charge in [-0.1, -0.05) is 23.7 Å². The van der Waals surface area contributed by atoms with Crippen molar-refractivity contribution in [1.82, 2.24) is 0 Å². The van der Waals surface area contributed by atoms with Crippen molar-refractivity contribution < 1.29 is 9.84 Å². The molecule has 0 saturated carbocycles. The molecule has 0 amide bonds. The number of aromatic hydroxyl groups is 1. The fourth-order valence-corrected chi connectivity index (χ4v) is 2.93. The van der Waals surface area contributed by atoms with Crippen molar-refractivity contribution in [1.29, 1.82) is 0 Å². The maximum atomic E-state index is 9.32. The first-order valence-corrected chi connectivity index (χ1v) is 7.27. The number of nitrogens with one attached hydrogen (secondary N) is 1. The van der Waals surface area contributed by atoms with Crippen LogP contribution in [0.3, 0.4) is 0 Å². The molecule has 5 heteroatoms. The van der Waals surface area contributed by atoms with E-state index in [-0.39, 0.29) is 11.8 Å².